The molecule has 0 aliphatic carbocycles. The second-order valence-electron chi connectivity index (χ2n) is 4.74. The Labute approximate surface area is 82.0 Å². The van der Waals surface area contributed by atoms with Crippen LogP contribution in [0.5, 0.6) is 0 Å². The van der Waals surface area contributed by atoms with Crippen LogP contribution < -0.4 is 0 Å². The van der Waals surface area contributed by atoms with Gasteiger partial charge >= 0.3 is 0 Å². The predicted molar refractivity (Wildman–Crippen MR) is 59.0 cm³/mol. The van der Waals surface area contributed by atoms with Crippen LogP contribution in [0.1, 0.15) is 38.8 Å². The molecule has 0 atom stereocenters. The molecule has 13 heavy (non-hydrogen) atoms. The van der Waals surface area contributed by atoms with Crippen molar-refractivity contribution in [3.8, 4) is 0 Å². The van der Waals surface area contributed by atoms with Crippen molar-refractivity contribution >= 4 is 0 Å². The minimum atomic E-state index is 0.285. The molecule has 0 fully saturated rings. The normalized spacial score (nSPS) is 12.2. The highest BCUT2D eigenvalue weighted by atomic mass is 14.3. The van der Waals surface area contributed by atoms with Crippen molar-refractivity contribution in [3.63, 3.8) is 0 Å². The molecule has 0 saturated carbocycles. The highest BCUT2D eigenvalue weighted by Crippen LogP contribution is 2.31. The Morgan fingerprint density at radius 1 is 1.00 bits per heavy atom. The molecule has 0 unspecified atom stereocenters. The van der Waals surface area contributed by atoms with Gasteiger partial charge in [0.2, 0.25) is 0 Å². The minimum Gasteiger partial charge on any atom is -0.0619 e. The van der Waals surface area contributed by atoms with Gasteiger partial charge in [0.25, 0.3) is 0 Å². The lowest BCUT2D eigenvalue weighted by Gasteiger charge is -2.29. The quantitative estimate of drug-likeness (QED) is 0.640. The van der Waals surface area contributed by atoms with E-state index in [1.165, 1.54) is 11.1 Å². The van der Waals surface area contributed by atoms with E-state index in [-0.39, 0.29) is 5.41 Å². The van der Waals surface area contributed by atoms with Crippen molar-refractivity contribution in [1.82, 2.24) is 0 Å². The average Bonchev–Trinajstić information content (AvgIpc) is 2.04. The summed E-state index contributed by atoms with van der Waals surface area (Å²) in [6, 6.07) is 8.88. The molecule has 0 spiro atoms. The zero-order valence-corrected chi connectivity index (χ0v) is 9.39. The number of rotatable bonds is 2. The number of hydrogen-bond acceptors (Lipinski definition) is 0. The van der Waals surface area contributed by atoms with E-state index in [9.17, 15) is 0 Å². The van der Waals surface area contributed by atoms with E-state index >= 15 is 0 Å². The Hall–Kier alpha value is -0.780. The van der Waals surface area contributed by atoms with Gasteiger partial charge in [-0.1, -0.05) is 57.5 Å². The van der Waals surface area contributed by atoms with Crippen LogP contribution in [0.4, 0.5) is 0 Å². The van der Waals surface area contributed by atoms with Gasteiger partial charge in [-0.25, -0.2) is 0 Å². The maximum atomic E-state index is 2.31. The molecule has 0 aromatic heterocycles. The molecule has 0 heteroatoms. The Morgan fingerprint density at radius 2 is 1.46 bits per heavy atom. The third-order valence-electron chi connectivity index (χ3n) is 3.24. The lowest BCUT2D eigenvalue weighted by molar-refractivity contribution is 0.372. The van der Waals surface area contributed by atoms with Gasteiger partial charge in [-0.05, 0) is 23.8 Å². The smallest absolute Gasteiger partial charge is 0.00806 e. The summed E-state index contributed by atoms with van der Waals surface area (Å²) in [6.45, 7) is 11.3. The van der Waals surface area contributed by atoms with Crippen LogP contribution in [-0.2, 0) is 5.41 Å². The van der Waals surface area contributed by atoms with Gasteiger partial charge in [0.05, 0.1) is 0 Å². The molecular weight excluding hydrogens is 156 g/mol. The molecule has 1 aromatic rings. The van der Waals surface area contributed by atoms with Crippen LogP contribution in [0, 0.1) is 12.8 Å². The van der Waals surface area contributed by atoms with Crippen LogP contribution in [0.3, 0.4) is 0 Å². The second-order valence-corrected chi connectivity index (χ2v) is 4.74. The summed E-state index contributed by atoms with van der Waals surface area (Å²) in [5.74, 6) is 0.676. The molecule has 0 aliphatic heterocycles. The molecule has 1 aromatic carbocycles. The fraction of sp³-hybridized carbons (Fsp3) is 0.538. The molecule has 0 nitrogen and oxygen atoms in total. The van der Waals surface area contributed by atoms with Crippen molar-refractivity contribution in [2.45, 2.75) is 40.0 Å². The number of benzene rings is 1. The lowest BCUT2D eigenvalue weighted by atomic mass is 9.75. The van der Waals surface area contributed by atoms with Crippen molar-refractivity contribution in [2.75, 3.05) is 0 Å². The molecular formula is C13H20. The Kier molecular flexibility index (Phi) is 2.80. The summed E-state index contributed by atoms with van der Waals surface area (Å²) < 4.78 is 0. The van der Waals surface area contributed by atoms with Gasteiger partial charge in [0.15, 0.2) is 0 Å². The van der Waals surface area contributed by atoms with Crippen molar-refractivity contribution < 1.29 is 0 Å². The largest absolute Gasteiger partial charge is 0.0619 e. The average molecular weight is 176 g/mol. The Morgan fingerprint density at radius 3 is 1.85 bits per heavy atom. The van der Waals surface area contributed by atoms with Crippen LogP contribution in [0.15, 0.2) is 24.3 Å². The first-order chi connectivity index (χ1) is 5.94. The SMILES string of the molecule is Cc1ccc(C(C)(C)C(C)C)cc1. The van der Waals surface area contributed by atoms with Gasteiger partial charge in [0.1, 0.15) is 0 Å². The topological polar surface area (TPSA) is 0 Å². The van der Waals surface area contributed by atoms with E-state index in [0.29, 0.717) is 5.92 Å². The van der Waals surface area contributed by atoms with E-state index in [0.717, 1.165) is 0 Å². The first kappa shape index (κ1) is 10.3. The van der Waals surface area contributed by atoms with E-state index < -0.39 is 0 Å². The fourth-order valence-corrected chi connectivity index (χ4v) is 1.32. The van der Waals surface area contributed by atoms with Gasteiger partial charge in [-0.15, -0.1) is 0 Å². The number of hydrogen-bond donors (Lipinski definition) is 0. The maximum Gasteiger partial charge on any atom is -0.00806 e. The van der Waals surface area contributed by atoms with Crippen molar-refractivity contribution in [2.24, 2.45) is 5.92 Å². The summed E-state index contributed by atoms with van der Waals surface area (Å²) in [6.07, 6.45) is 0. The van der Waals surface area contributed by atoms with Crippen LogP contribution in [-0.4, -0.2) is 0 Å². The molecule has 0 aliphatic rings. The Bertz CT molecular complexity index is 265. The minimum absolute atomic E-state index is 0.285. The van der Waals surface area contributed by atoms with Gasteiger partial charge in [-0.3, -0.25) is 0 Å². The highest BCUT2D eigenvalue weighted by Gasteiger charge is 2.23. The van der Waals surface area contributed by atoms with E-state index in [1.54, 1.807) is 0 Å². The summed E-state index contributed by atoms with van der Waals surface area (Å²) in [7, 11) is 0. The lowest BCUT2D eigenvalue weighted by Crippen LogP contribution is -2.24. The molecule has 0 amide bonds. The van der Waals surface area contributed by atoms with Crippen molar-refractivity contribution in [3.05, 3.63) is 35.4 Å². The summed E-state index contributed by atoms with van der Waals surface area (Å²) in [4.78, 5) is 0. The molecule has 1 rings (SSSR count). The van der Waals surface area contributed by atoms with E-state index in [2.05, 4.69) is 58.9 Å². The van der Waals surface area contributed by atoms with Gasteiger partial charge in [-0.2, -0.15) is 0 Å². The maximum absolute atomic E-state index is 2.31. The monoisotopic (exact) mass is 176 g/mol. The third-order valence-corrected chi connectivity index (χ3v) is 3.24. The zero-order valence-electron chi connectivity index (χ0n) is 9.39. The van der Waals surface area contributed by atoms with Crippen molar-refractivity contribution in [1.29, 1.82) is 0 Å². The first-order valence-electron chi connectivity index (χ1n) is 5.01. The molecule has 0 N–H and O–H groups in total. The van der Waals surface area contributed by atoms with Gasteiger partial charge < -0.3 is 0 Å². The fourth-order valence-electron chi connectivity index (χ4n) is 1.32. The van der Waals surface area contributed by atoms with E-state index in [4.69, 9.17) is 0 Å². The molecule has 0 heterocycles. The summed E-state index contributed by atoms with van der Waals surface area (Å²) in [5, 5.41) is 0. The third kappa shape index (κ3) is 2.12. The first-order valence-corrected chi connectivity index (χ1v) is 5.01. The number of aryl methyl sites for hydroxylation is 1. The second kappa shape index (κ2) is 3.53. The Balaban J connectivity index is 3.01. The van der Waals surface area contributed by atoms with Crippen LogP contribution in [0.25, 0.3) is 0 Å². The highest BCUT2D eigenvalue weighted by molar-refractivity contribution is 5.27. The molecule has 0 radical (unpaired) electrons. The zero-order chi connectivity index (χ0) is 10.1. The van der Waals surface area contributed by atoms with E-state index in [1.807, 2.05) is 0 Å². The van der Waals surface area contributed by atoms with Crippen LogP contribution in [0.2, 0.25) is 0 Å². The summed E-state index contributed by atoms with van der Waals surface area (Å²) in [5.41, 5.74) is 3.06. The van der Waals surface area contributed by atoms with Crippen LogP contribution >= 0.6 is 0 Å². The summed E-state index contributed by atoms with van der Waals surface area (Å²) >= 11 is 0. The predicted octanol–water partition coefficient (Wildman–Crippen LogP) is 3.93. The molecule has 0 saturated heterocycles. The molecule has 72 valence electrons. The standard InChI is InChI=1S/C13H20/c1-10(2)13(4,5)12-8-6-11(3)7-9-12/h6-10H,1-5H3. The molecule has 0 bridgehead atoms. The van der Waals surface area contributed by atoms with Gasteiger partial charge in [0, 0.05) is 0 Å².